The summed E-state index contributed by atoms with van der Waals surface area (Å²) in [5.74, 6) is 0.218. The predicted molar refractivity (Wildman–Crippen MR) is 139 cm³/mol. The van der Waals surface area contributed by atoms with E-state index in [0.717, 1.165) is 22.3 Å². The third-order valence-electron chi connectivity index (χ3n) is 6.24. The summed E-state index contributed by atoms with van der Waals surface area (Å²) in [6.45, 7) is 7.95. The van der Waals surface area contributed by atoms with Gasteiger partial charge in [-0.2, -0.15) is 4.31 Å². The summed E-state index contributed by atoms with van der Waals surface area (Å²) in [6.07, 6.45) is 0.495. The van der Waals surface area contributed by atoms with E-state index in [1.165, 1.54) is 29.1 Å². The summed E-state index contributed by atoms with van der Waals surface area (Å²) < 4.78 is 33.4. The van der Waals surface area contributed by atoms with Crippen molar-refractivity contribution in [2.75, 3.05) is 20.2 Å². The zero-order chi connectivity index (χ0) is 25.6. The standard InChI is InChI=1S/C28H34N2O4S/c1-20-17-22(3)27(18-21(20)2)23(4)29-28(31)19-30(16-15-24-9-7-6-8-10-24)35(32,33)26-13-11-25(34-5)12-14-26/h6-14,17-18,23H,15-16,19H2,1-5H3,(H,29,31)/t23-/m0/s1. The highest BCUT2D eigenvalue weighted by Gasteiger charge is 2.27. The van der Waals surface area contributed by atoms with E-state index in [1.807, 2.05) is 51.1 Å². The van der Waals surface area contributed by atoms with Gasteiger partial charge in [-0.3, -0.25) is 4.79 Å². The molecule has 1 atom stereocenters. The number of carbonyl (C=O) groups excluding carboxylic acids is 1. The normalized spacial score (nSPS) is 12.4. The molecular weight excluding hydrogens is 460 g/mol. The van der Waals surface area contributed by atoms with Crippen LogP contribution in [0.25, 0.3) is 0 Å². The second-order valence-electron chi connectivity index (χ2n) is 8.83. The molecule has 3 aromatic rings. The monoisotopic (exact) mass is 494 g/mol. The second kappa shape index (κ2) is 11.5. The number of nitrogens with one attached hydrogen (secondary N) is 1. The van der Waals surface area contributed by atoms with Crippen molar-refractivity contribution in [2.45, 2.75) is 45.1 Å². The number of hydrogen-bond donors (Lipinski definition) is 1. The summed E-state index contributed by atoms with van der Waals surface area (Å²) in [6, 6.07) is 19.8. The van der Waals surface area contributed by atoms with Crippen molar-refractivity contribution in [3.05, 3.63) is 94.5 Å². The summed E-state index contributed by atoms with van der Waals surface area (Å²) in [5.41, 5.74) is 5.46. The van der Waals surface area contributed by atoms with Crippen LogP contribution in [0.15, 0.2) is 71.6 Å². The zero-order valence-corrected chi connectivity index (χ0v) is 21.9. The molecule has 0 aliphatic carbocycles. The lowest BCUT2D eigenvalue weighted by Crippen LogP contribution is -2.42. The molecule has 0 saturated carbocycles. The molecule has 6 nitrogen and oxygen atoms in total. The van der Waals surface area contributed by atoms with Crippen LogP contribution in [0, 0.1) is 20.8 Å². The molecule has 0 aromatic heterocycles. The molecule has 1 N–H and O–H groups in total. The number of aryl methyl sites for hydroxylation is 3. The highest BCUT2D eigenvalue weighted by atomic mass is 32.2. The molecule has 0 radical (unpaired) electrons. The fourth-order valence-electron chi connectivity index (χ4n) is 4.05. The van der Waals surface area contributed by atoms with Gasteiger partial charge in [-0.25, -0.2) is 8.42 Å². The SMILES string of the molecule is COc1ccc(S(=O)(=O)N(CCc2ccccc2)CC(=O)N[C@@H](C)c2cc(C)c(C)cc2C)cc1. The molecule has 0 aliphatic heterocycles. The highest BCUT2D eigenvalue weighted by molar-refractivity contribution is 7.89. The van der Waals surface area contributed by atoms with Gasteiger partial charge in [0.05, 0.1) is 24.6 Å². The van der Waals surface area contributed by atoms with Crippen molar-refractivity contribution >= 4 is 15.9 Å². The lowest BCUT2D eigenvalue weighted by Gasteiger charge is -2.24. The number of carbonyl (C=O) groups is 1. The lowest BCUT2D eigenvalue weighted by molar-refractivity contribution is -0.121. The van der Waals surface area contributed by atoms with E-state index in [0.29, 0.717) is 12.2 Å². The number of benzene rings is 3. The topological polar surface area (TPSA) is 75.7 Å². The maximum atomic E-state index is 13.5. The van der Waals surface area contributed by atoms with E-state index >= 15 is 0 Å². The zero-order valence-electron chi connectivity index (χ0n) is 21.0. The van der Waals surface area contributed by atoms with E-state index in [9.17, 15) is 13.2 Å². The molecule has 0 spiro atoms. The third-order valence-corrected chi connectivity index (χ3v) is 8.10. The van der Waals surface area contributed by atoms with Crippen LogP contribution < -0.4 is 10.1 Å². The first-order chi connectivity index (χ1) is 16.6. The summed E-state index contributed by atoms with van der Waals surface area (Å²) in [4.78, 5) is 13.2. The summed E-state index contributed by atoms with van der Waals surface area (Å²) in [7, 11) is -2.37. The second-order valence-corrected chi connectivity index (χ2v) is 10.8. The average Bonchev–Trinajstić information content (AvgIpc) is 2.84. The molecule has 0 bridgehead atoms. The Morgan fingerprint density at radius 1 is 0.943 bits per heavy atom. The maximum absolute atomic E-state index is 13.5. The maximum Gasteiger partial charge on any atom is 0.243 e. The molecule has 0 heterocycles. The molecule has 35 heavy (non-hydrogen) atoms. The van der Waals surface area contributed by atoms with Crippen LogP contribution in [0.3, 0.4) is 0 Å². The van der Waals surface area contributed by atoms with E-state index in [1.54, 1.807) is 12.1 Å². The van der Waals surface area contributed by atoms with Gasteiger partial charge in [0.2, 0.25) is 15.9 Å². The number of sulfonamides is 1. The minimum Gasteiger partial charge on any atom is -0.497 e. The van der Waals surface area contributed by atoms with Gasteiger partial charge in [0.25, 0.3) is 0 Å². The molecule has 1 amide bonds. The van der Waals surface area contributed by atoms with Gasteiger partial charge < -0.3 is 10.1 Å². The van der Waals surface area contributed by atoms with Gasteiger partial charge in [0.1, 0.15) is 5.75 Å². The van der Waals surface area contributed by atoms with Crippen molar-refractivity contribution in [3.8, 4) is 5.75 Å². The first-order valence-electron chi connectivity index (χ1n) is 11.7. The number of hydrogen-bond acceptors (Lipinski definition) is 4. The number of ether oxygens (including phenoxy) is 1. The quantitative estimate of drug-likeness (QED) is 0.442. The predicted octanol–water partition coefficient (Wildman–Crippen LogP) is 4.73. The molecule has 0 saturated heterocycles. The lowest BCUT2D eigenvalue weighted by atomic mass is 9.96. The minimum atomic E-state index is -3.90. The Morgan fingerprint density at radius 2 is 1.57 bits per heavy atom. The number of nitrogens with zero attached hydrogens (tertiary/aromatic N) is 1. The first-order valence-corrected chi connectivity index (χ1v) is 13.1. The fraction of sp³-hybridized carbons (Fsp3) is 0.321. The molecule has 0 aliphatic rings. The van der Waals surface area contributed by atoms with Crippen molar-refractivity contribution in [3.63, 3.8) is 0 Å². The number of methoxy groups -OCH3 is 1. The van der Waals surface area contributed by atoms with E-state index < -0.39 is 10.0 Å². The molecule has 7 heteroatoms. The van der Waals surface area contributed by atoms with E-state index in [4.69, 9.17) is 4.74 Å². The number of amides is 1. The minimum absolute atomic E-state index is 0.122. The third kappa shape index (κ3) is 6.71. The van der Waals surface area contributed by atoms with Gasteiger partial charge in [0.15, 0.2) is 0 Å². The fourth-order valence-corrected chi connectivity index (χ4v) is 5.45. The van der Waals surface area contributed by atoms with Crippen LogP contribution >= 0.6 is 0 Å². The van der Waals surface area contributed by atoms with Crippen LogP contribution in [-0.4, -0.2) is 38.8 Å². The Balaban J connectivity index is 1.81. The van der Waals surface area contributed by atoms with Crippen LogP contribution in [0.1, 0.15) is 40.8 Å². The Kier molecular flexibility index (Phi) is 8.70. The van der Waals surface area contributed by atoms with Gasteiger partial charge in [-0.05, 0) is 86.2 Å². The Bertz CT molecular complexity index is 1260. The summed E-state index contributed by atoms with van der Waals surface area (Å²) >= 11 is 0. The number of rotatable bonds is 10. The van der Waals surface area contributed by atoms with Crippen LogP contribution in [0.5, 0.6) is 5.75 Å². The van der Waals surface area contributed by atoms with E-state index in [-0.39, 0.29) is 29.9 Å². The highest BCUT2D eigenvalue weighted by Crippen LogP contribution is 2.23. The van der Waals surface area contributed by atoms with Crippen LogP contribution in [-0.2, 0) is 21.2 Å². The molecule has 0 unspecified atom stereocenters. The molecule has 0 fully saturated rings. The smallest absolute Gasteiger partial charge is 0.243 e. The summed E-state index contributed by atoms with van der Waals surface area (Å²) in [5, 5.41) is 2.99. The van der Waals surface area contributed by atoms with Crippen molar-refractivity contribution < 1.29 is 17.9 Å². The van der Waals surface area contributed by atoms with Crippen LogP contribution in [0.2, 0.25) is 0 Å². The largest absolute Gasteiger partial charge is 0.497 e. The van der Waals surface area contributed by atoms with Gasteiger partial charge in [0, 0.05) is 6.54 Å². The molecule has 3 aromatic carbocycles. The van der Waals surface area contributed by atoms with E-state index in [2.05, 4.69) is 24.4 Å². The Hall–Kier alpha value is -3.16. The van der Waals surface area contributed by atoms with Crippen LogP contribution in [0.4, 0.5) is 0 Å². The van der Waals surface area contributed by atoms with Crippen molar-refractivity contribution in [2.24, 2.45) is 0 Å². The Morgan fingerprint density at radius 3 is 2.20 bits per heavy atom. The van der Waals surface area contributed by atoms with Crippen molar-refractivity contribution in [1.29, 1.82) is 0 Å². The molecule has 186 valence electrons. The van der Waals surface area contributed by atoms with Gasteiger partial charge in [-0.15, -0.1) is 0 Å². The van der Waals surface area contributed by atoms with Gasteiger partial charge in [-0.1, -0.05) is 42.5 Å². The van der Waals surface area contributed by atoms with Gasteiger partial charge >= 0.3 is 0 Å². The molecular formula is C28H34N2O4S. The first kappa shape index (κ1) is 26.4. The van der Waals surface area contributed by atoms with Crippen molar-refractivity contribution in [1.82, 2.24) is 9.62 Å². The Labute approximate surface area is 209 Å². The molecule has 3 rings (SSSR count). The average molecular weight is 495 g/mol.